The fraction of sp³-hybridized carbons (Fsp3) is 0.278. The van der Waals surface area contributed by atoms with Crippen LogP contribution in [0.25, 0.3) is 22.2 Å². The molecule has 118 valence electrons. The van der Waals surface area contributed by atoms with E-state index in [0.29, 0.717) is 0 Å². The Morgan fingerprint density at radius 3 is 2.83 bits per heavy atom. The lowest BCUT2D eigenvalue weighted by Gasteiger charge is -2.34. The van der Waals surface area contributed by atoms with Crippen molar-refractivity contribution in [2.75, 3.05) is 23.7 Å². The van der Waals surface area contributed by atoms with Crippen LogP contribution in [-0.4, -0.2) is 29.1 Å². The second-order valence-corrected chi connectivity index (χ2v) is 6.20. The summed E-state index contributed by atoms with van der Waals surface area (Å²) in [7, 11) is 0. The summed E-state index contributed by atoms with van der Waals surface area (Å²) >= 11 is 0. The molecular formula is C18H21N5. The largest absolute Gasteiger partial charge is 0.397 e. The summed E-state index contributed by atoms with van der Waals surface area (Å²) in [4.78, 5) is 10.1. The maximum absolute atomic E-state index is 6.24. The first-order valence-corrected chi connectivity index (χ1v) is 8.05. The minimum absolute atomic E-state index is 0.204. The third-order valence-corrected chi connectivity index (χ3v) is 4.56. The predicted molar refractivity (Wildman–Crippen MR) is 95.4 cm³/mol. The molecule has 0 spiro atoms. The van der Waals surface area contributed by atoms with Gasteiger partial charge in [0.05, 0.1) is 16.8 Å². The van der Waals surface area contributed by atoms with Crippen LogP contribution in [0, 0.1) is 0 Å². The molecule has 1 fully saturated rings. The number of pyridine rings is 1. The summed E-state index contributed by atoms with van der Waals surface area (Å²) in [5, 5.41) is 1.00. The van der Waals surface area contributed by atoms with Crippen LogP contribution >= 0.6 is 0 Å². The van der Waals surface area contributed by atoms with E-state index in [0.717, 1.165) is 59.5 Å². The molecule has 0 aliphatic carbocycles. The molecule has 0 bridgehead atoms. The number of aromatic amines is 1. The molecule has 23 heavy (non-hydrogen) atoms. The van der Waals surface area contributed by atoms with E-state index in [1.807, 2.05) is 30.6 Å². The Labute approximate surface area is 135 Å². The van der Waals surface area contributed by atoms with Crippen molar-refractivity contribution in [1.29, 1.82) is 0 Å². The van der Waals surface area contributed by atoms with Gasteiger partial charge in [-0.25, -0.2) is 4.98 Å². The molecule has 1 aromatic carbocycles. The van der Waals surface area contributed by atoms with Crippen molar-refractivity contribution in [3.8, 4) is 11.1 Å². The summed E-state index contributed by atoms with van der Waals surface area (Å²) in [5.41, 5.74) is 17.4. The molecule has 3 heterocycles. The van der Waals surface area contributed by atoms with Crippen LogP contribution in [0.2, 0.25) is 0 Å². The Hall–Kier alpha value is -2.53. The highest BCUT2D eigenvalue weighted by molar-refractivity contribution is 6.05. The molecule has 1 aliphatic heterocycles. The average Bonchev–Trinajstić information content (AvgIpc) is 2.96. The van der Waals surface area contributed by atoms with Gasteiger partial charge in [0.15, 0.2) is 0 Å². The highest BCUT2D eigenvalue weighted by Gasteiger charge is 2.23. The van der Waals surface area contributed by atoms with Crippen molar-refractivity contribution in [2.45, 2.75) is 18.9 Å². The van der Waals surface area contributed by atoms with E-state index in [-0.39, 0.29) is 6.04 Å². The molecule has 5 nitrogen and oxygen atoms in total. The minimum Gasteiger partial charge on any atom is -0.397 e. The van der Waals surface area contributed by atoms with Gasteiger partial charge in [0, 0.05) is 37.1 Å². The Morgan fingerprint density at radius 2 is 2.04 bits per heavy atom. The zero-order chi connectivity index (χ0) is 15.8. The second kappa shape index (κ2) is 5.59. The Kier molecular flexibility index (Phi) is 3.42. The number of fused-ring (bicyclic) bond motifs is 1. The fourth-order valence-electron chi connectivity index (χ4n) is 3.47. The first kappa shape index (κ1) is 14.1. The fourth-order valence-corrected chi connectivity index (χ4v) is 3.47. The molecule has 0 unspecified atom stereocenters. The molecule has 3 aromatic rings. The summed E-state index contributed by atoms with van der Waals surface area (Å²) < 4.78 is 0. The number of nitrogen functional groups attached to an aromatic ring is 1. The van der Waals surface area contributed by atoms with Gasteiger partial charge in [-0.15, -0.1) is 0 Å². The number of H-pyrrole nitrogens is 1. The van der Waals surface area contributed by atoms with Gasteiger partial charge < -0.3 is 21.4 Å². The SMILES string of the molecule is Nc1c[nH]c2ncc(-c3ccccc3)c(N3CCC[C@@H](N)C3)c12. The quantitative estimate of drug-likeness (QED) is 0.679. The number of nitrogens with one attached hydrogen (secondary N) is 1. The first-order chi connectivity index (χ1) is 11.2. The lowest BCUT2D eigenvalue weighted by molar-refractivity contribution is 0.507. The molecule has 2 aromatic heterocycles. The highest BCUT2D eigenvalue weighted by atomic mass is 15.2. The monoisotopic (exact) mass is 307 g/mol. The number of hydrogen-bond donors (Lipinski definition) is 3. The maximum atomic E-state index is 6.24. The molecule has 1 saturated heterocycles. The number of nitrogens with zero attached hydrogens (tertiary/aromatic N) is 2. The number of aromatic nitrogens is 2. The van der Waals surface area contributed by atoms with Crippen molar-refractivity contribution < 1.29 is 0 Å². The van der Waals surface area contributed by atoms with Gasteiger partial charge in [-0.2, -0.15) is 0 Å². The molecule has 0 radical (unpaired) electrons. The maximum Gasteiger partial charge on any atom is 0.141 e. The Morgan fingerprint density at radius 1 is 1.22 bits per heavy atom. The van der Waals surface area contributed by atoms with Crippen molar-refractivity contribution >= 4 is 22.4 Å². The van der Waals surface area contributed by atoms with Crippen molar-refractivity contribution in [3.05, 3.63) is 42.7 Å². The molecule has 0 amide bonds. The van der Waals surface area contributed by atoms with E-state index in [4.69, 9.17) is 11.5 Å². The highest BCUT2D eigenvalue weighted by Crippen LogP contribution is 2.39. The van der Waals surface area contributed by atoms with E-state index < -0.39 is 0 Å². The molecular weight excluding hydrogens is 286 g/mol. The van der Waals surface area contributed by atoms with Crippen LogP contribution in [-0.2, 0) is 0 Å². The number of rotatable bonds is 2. The molecule has 0 saturated carbocycles. The number of anilines is 2. The summed E-state index contributed by atoms with van der Waals surface area (Å²) in [5.74, 6) is 0. The zero-order valence-corrected chi connectivity index (χ0v) is 13.0. The van der Waals surface area contributed by atoms with Crippen molar-refractivity contribution in [1.82, 2.24) is 9.97 Å². The van der Waals surface area contributed by atoms with E-state index in [1.165, 1.54) is 0 Å². The number of hydrogen-bond acceptors (Lipinski definition) is 4. The van der Waals surface area contributed by atoms with Crippen LogP contribution in [0.4, 0.5) is 11.4 Å². The van der Waals surface area contributed by atoms with Gasteiger partial charge in [0.2, 0.25) is 0 Å². The number of benzene rings is 1. The Bertz CT molecular complexity index is 824. The minimum atomic E-state index is 0.204. The summed E-state index contributed by atoms with van der Waals surface area (Å²) in [6.45, 7) is 1.85. The third kappa shape index (κ3) is 2.43. The number of piperidine rings is 1. The molecule has 4 rings (SSSR count). The van der Waals surface area contributed by atoms with Gasteiger partial charge in [-0.1, -0.05) is 30.3 Å². The van der Waals surface area contributed by atoms with Gasteiger partial charge in [-0.05, 0) is 18.4 Å². The number of nitrogens with two attached hydrogens (primary N) is 2. The van der Waals surface area contributed by atoms with Gasteiger partial charge >= 0.3 is 0 Å². The van der Waals surface area contributed by atoms with Gasteiger partial charge in [0.1, 0.15) is 5.65 Å². The van der Waals surface area contributed by atoms with E-state index in [1.54, 1.807) is 0 Å². The van der Waals surface area contributed by atoms with Crippen LogP contribution < -0.4 is 16.4 Å². The standard InChI is InChI=1S/C18H21N5/c19-13-7-4-8-23(11-13)17-14(12-5-2-1-3-6-12)9-21-18-16(17)15(20)10-22-18/h1-3,5-6,9-10,13H,4,7-8,11,19-20H2,(H,21,22)/t13-/m1/s1. The van der Waals surface area contributed by atoms with Crippen LogP contribution in [0.3, 0.4) is 0 Å². The van der Waals surface area contributed by atoms with E-state index in [2.05, 4.69) is 27.0 Å². The van der Waals surface area contributed by atoms with Crippen LogP contribution in [0.15, 0.2) is 42.7 Å². The molecule has 1 atom stereocenters. The molecule has 5 N–H and O–H groups in total. The van der Waals surface area contributed by atoms with E-state index >= 15 is 0 Å². The summed E-state index contributed by atoms with van der Waals surface area (Å²) in [6, 6.07) is 10.5. The molecule has 5 heteroatoms. The van der Waals surface area contributed by atoms with Gasteiger partial charge in [-0.3, -0.25) is 0 Å². The van der Waals surface area contributed by atoms with Crippen LogP contribution in [0.5, 0.6) is 0 Å². The topological polar surface area (TPSA) is 84.0 Å². The normalized spacial score (nSPS) is 18.5. The van der Waals surface area contributed by atoms with Crippen molar-refractivity contribution in [3.63, 3.8) is 0 Å². The Balaban J connectivity index is 1.95. The first-order valence-electron chi connectivity index (χ1n) is 8.05. The smallest absolute Gasteiger partial charge is 0.141 e. The van der Waals surface area contributed by atoms with Crippen LogP contribution in [0.1, 0.15) is 12.8 Å². The second-order valence-electron chi connectivity index (χ2n) is 6.20. The lowest BCUT2D eigenvalue weighted by Crippen LogP contribution is -2.43. The van der Waals surface area contributed by atoms with Gasteiger partial charge in [0.25, 0.3) is 0 Å². The zero-order valence-electron chi connectivity index (χ0n) is 13.0. The third-order valence-electron chi connectivity index (χ3n) is 4.56. The van der Waals surface area contributed by atoms with Crippen molar-refractivity contribution in [2.24, 2.45) is 5.73 Å². The van der Waals surface area contributed by atoms with E-state index in [9.17, 15) is 0 Å². The average molecular weight is 307 g/mol. The lowest BCUT2D eigenvalue weighted by atomic mass is 9.99. The molecule has 1 aliphatic rings. The summed E-state index contributed by atoms with van der Waals surface area (Å²) in [6.07, 6.45) is 5.93. The predicted octanol–water partition coefficient (Wildman–Crippen LogP) is 2.74.